The van der Waals surface area contributed by atoms with Gasteiger partial charge in [0.1, 0.15) is 6.10 Å². The van der Waals surface area contributed by atoms with E-state index in [1.807, 2.05) is 24.3 Å². The van der Waals surface area contributed by atoms with Crippen LogP contribution in [0.2, 0.25) is 0 Å². The normalized spacial score (nSPS) is 23.6. The molecule has 0 radical (unpaired) electrons. The monoisotopic (exact) mass is 553 g/mol. The highest BCUT2D eigenvalue weighted by molar-refractivity contribution is 7.99. The molecule has 3 aliphatic carbocycles. The third kappa shape index (κ3) is 4.87. The fraction of sp³-hybridized carbons (Fsp3) is 0.382. The molecule has 0 heterocycles. The van der Waals surface area contributed by atoms with Gasteiger partial charge < -0.3 is 10.5 Å². The molecule has 206 valence electrons. The number of hydrogen-bond donors (Lipinski definition) is 1. The van der Waals surface area contributed by atoms with Crippen molar-refractivity contribution in [3.8, 4) is 0 Å². The van der Waals surface area contributed by atoms with Crippen molar-refractivity contribution < 1.29 is 19.1 Å². The summed E-state index contributed by atoms with van der Waals surface area (Å²) in [6, 6.07) is 16.5. The van der Waals surface area contributed by atoms with Gasteiger partial charge in [-0.1, -0.05) is 68.4 Å². The third-order valence-electron chi connectivity index (χ3n) is 9.08. The van der Waals surface area contributed by atoms with Gasteiger partial charge in [-0.2, -0.15) is 0 Å². The van der Waals surface area contributed by atoms with Gasteiger partial charge in [0, 0.05) is 26.5 Å². The summed E-state index contributed by atoms with van der Waals surface area (Å²) in [5.74, 6) is 0.979. The SMILES string of the molecule is CCc1ccc(Sc2cc(C(=O)OC3CCC4CC(C)CCC4C3)c(N)c3c2C(=O)c2ccccc2C3=O)cc1. The van der Waals surface area contributed by atoms with Gasteiger partial charge in [-0.25, -0.2) is 4.79 Å². The number of rotatable bonds is 5. The third-order valence-corrected chi connectivity index (χ3v) is 10.1. The zero-order valence-electron chi connectivity index (χ0n) is 23.1. The molecule has 4 atom stereocenters. The van der Waals surface area contributed by atoms with Crippen molar-refractivity contribution in [2.45, 2.75) is 74.7 Å². The maximum Gasteiger partial charge on any atom is 0.340 e. The number of aryl methyl sites for hydroxylation is 1. The minimum Gasteiger partial charge on any atom is -0.459 e. The number of hydrogen-bond acceptors (Lipinski definition) is 6. The molecule has 2 N–H and O–H groups in total. The fourth-order valence-corrected chi connectivity index (χ4v) is 7.86. The van der Waals surface area contributed by atoms with Crippen molar-refractivity contribution in [1.82, 2.24) is 0 Å². The molecule has 40 heavy (non-hydrogen) atoms. The molecule has 3 aliphatic rings. The van der Waals surface area contributed by atoms with Crippen LogP contribution in [0, 0.1) is 17.8 Å². The van der Waals surface area contributed by atoms with Crippen LogP contribution in [0.15, 0.2) is 64.4 Å². The summed E-state index contributed by atoms with van der Waals surface area (Å²) in [6.45, 7) is 4.43. The van der Waals surface area contributed by atoms with E-state index in [0.717, 1.165) is 42.4 Å². The predicted molar refractivity (Wildman–Crippen MR) is 157 cm³/mol. The molecule has 0 amide bonds. The molecule has 4 unspecified atom stereocenters. The number of carbonyl (C=O) groups is 3. The van der Waals surface area contributed by atoms with E-state index in [1.165, 1.54) is 36.6 Å². The molecule has 2 fully saturated rings. The van der Waals surface area contributed by atoms with Crippen LogP contribution >= 0.6 is 11.8 Å². The molecule has 5 nitrogen and oxygen atoms in total. The van der Waals surface area contributed by atoms with Crippen LogP contribution in [-0.4, -0.2) is 23.6 Å². The Morgan fingerprint density at radius 1 is 0.900 bits per heavy atom. The number of nitrogen functional groups attached to an aromatic ring is 1. The van der Waals surface area contributed by atoms with E-state index >= 15 is 0 Å². The molecule has 3 aromatic rings. The summed E-state index contributed by atoms with van der Waals surface area (Å²) >= 11 is 1.37. The first-order chi connectivity index (χ1) is 19.3. The van der Waals surface area contributed by atoms with E-state index in [2.05, 4.69) is 13.8 Å². The number of esters is 1. The number of nitrogens with two attached hydrogens (primary N) is 1. The van der Waals surface area contributed by atoms with Crippen molar-refractivity contribution in [2.75, 3.05) is 5.73 Å². The van der Waals surface area contributed by atoms with E-state index < -0.39 is 5.97 Å². The van der Waals surface area contributed by atoms with Crippen LogP contribution in [0.5, 0.6) is 0 Å². The molecule has 2 saturated carbocycles. The first-order valence-electron chi connectivity index (χ1n) is 14.5. The van der Waals surface area contributed by atoms with Crippen molar-refractivity contribution in [3.63, 3.8) is 0 Å². The summed E-state index contributed by atoms with van der Waals surface area (Å²) in [4.78, 5) is 42.5. The minimum absolute atomic E-state index is 0.0266. The molecular weight excluding hydrogens is 518 g/mol. The molecule has 6 rings (SSSR count). The van der Waals surface area contributed by atoms with E-state index in [4.69, 9.17) is 10.5 Å². The molecule has 0 bridgehead atoms. The highest BCUT2D eigenvalue weighted by atomic mass is 32.2. The lowest BCUT2D eigenvalue weighted by Crippen LogP contribution is -2.35. The van der Waals surface area contributed by atoms with Gasteiger partial charge in [-0.05, 0) is 80.0 Å². The Bertz CT molecular complexity index is 1490. The second-order valence-corrected chi connectivity index (χ2v) is 12.8. The van der Waals surface area contributed by atoms with Crippen LogP contribution in [0.3, 0.4) is 0 Å². The Hall–Kier alpha value is -3.38. The quantitative estimate of drug-likeness (QED) is 0.203. The lowest BCUT2D eigenvalue weighted by molar-refractivity contribution is -0.00485. The van der Waals surface area contributed by atoms with Crippen molar-refractivity contribution >= 4 is 35.0 Å². The van der Waals surface area contributed by atoms with Gasteiger partial charge in [0.05, 0.1) is 16.8 Å². The van der Waals surface area contributed by atoms with Crippen LogP contribution in [0.1, 0.15) is 100 Å². The topological polar surface area (TPSA) is 86.5 Å². The molecular formula is C34H35NO4S. The van der Waals surface area contributed by atoms with E-state index in [9.17, 15) is 14.4 Å². The standard InChI is InChI=1S/C34H35NO4S/c1-3-20-9-14-24(15-10-20)40-28-18-27(34(38)39-23-13-12-21-16-19(2)8-11-22(21)17-23)31(35)30-29(28)32(36)25-6-4-5-7-26(25)33(30)37/h4-7,9-10,14-15,18-19,21-23H,3,8,11-13,16-17,35H2,1-2H3. The number of benzene rings is 3. The molecule has 3 aromatic carbocycles. The molecule has 6 heteroatoms. The lowest BCUT2D eigenvalue weighted by Gasteiger charge is -2.41. The number of carbonyl (C=O) groups excluding carboxylic acids is 3. The number of ether oxygens (including phenoxy) is 1. The Morgan fingerprint density at radius 3 is 2.25 bits per heavy atom. The second-order valence-electron chi connectivity index (χ2n) is 11.7. The number of ketones is 2. The molecule has 0 aromatic heterocycles. The van der Waals surface area contributed by atoms with Gasteiger partial charge in [0.15, 0.2) is 11.6 Å². The van der Waals surface area contributed by atoms with Crippen molar-refractivity contribution in [1.29, 1.82) is 0 Å². The summed E-state index contributed by atoms with van der Waals surface area (Å²) < 4.78 is 6.07. The molecule has 0 spiro atoms. The fourth-order valence-electron chi connectivity index (χ4n) is 6.86. The van der Waals surface area contributed by atoms with Crippen molar-refractivity contribution in [3.05, 3.63) is 88.0 Å². The van der Waals surface area contributed by atoms with Crippen LogP contribution < -0.4 is 5.73 Å². The van der Waals surface area contributed by atoms with Gasteiger partial charge in [0.2, 0.25) is 0 Å². The average molecular weight is 554 g/mol. The lowest BCUT2D eigenvalue weighted by atomic mass is 9.67. The summed E-state index contributed by atoms with van der Waals surface area (Å²) in [5, 5.41) is 0. The Morgan fingerprint density at radius 2 is 1.55 bits per heavy atom. The largest absolute Gasteiger partial charge is 0.459 e. The second kappa shape index (κ2) is 10.9. The van der Waals surface area contributed by atoms with Gasteiger partial charge >= 0.3 is 5.97 Å². The first-order valence-corrected chi connectivity index (χ1v) is 15.3. The van der Waals surface area contributed by atoms with Gasteiger partial charge in [-0.15, -0.1) is 0 Å². The Labute approximate surface area is 239 Å². The predicted octanol–water partition coefficient (Wildman–Crippen LogP) is 7.52. The number of fused-ring (bicyclic) bond motifs is 3. The first kappa shape index (κ1) is 26.8. The maximum atomic E-state index is 13.7. The maximum absolute atomic E-state index is 13.7. The minimum atomic E-state index is -0.518. The zero-order valence-corrected chi connectivity index (χ0v) is 23.9. The summed E-state index contributed by atoms with van der Waals surface area (Å²) in [7, 11) is 0. The average Bonchev–Trinajstić information content (AvgIpc) is 2.97. The Balaban J connectivity index is 1.36. The van der Waals surface area contributed by atoms with E-state index in [1.54, 1.807) is 30.3 Å². The summed E-state index contributed by atoms with van der Waals surface area (Å²) in [6.07, 6.45) is 7.25. The highest BCUT2D eigenvalue weighted by Crippen LogP contribution is 2.45. The number of anilines is 1. The van der Waals surface area contributed by atoms with Gasteiger partial charge in [-0.3, -0.25) is 9.59 Å². The summed E-state index contributed by atoms with van der Waals surface area (Å²) in [5.41, 5.74) is 8.99. The highest BCUT2D eigenvalue weighted by Gasteiger charge is 2.38. The zero-order chi connectivity index (χ0) is 28.0. The van der Waals surface area contributed by atoms with Crippen molar-refractivity contribution in [2.24, 2.45) is 17.8 Å². The van der Waals surface area contributed by atoms with Gasteiger partial charge in [0.25, 0.3) is 0 Å². The van der Waals surface area contributed by atoms with E-state index in [-0.39, 0.29) is 40.0 Å². The van der Waals surface area contributed by atoms with Crippen LogP contribution in [0.25, 0.3) is 0 Å². The smallest absolute Gasteiger partial charge is 0.340 e. The van der Waals surface area contributed by atoms with E-state index in [0.29, 0.717) is 21.9 Å². The molecule has 0 aliphatic heterocycles. The van der Waals surface area contributed by atoms with Crippen LogP contribution in [-0.2, 0) is 11.2 Å². The van der Waals surface area contributed by atoms with Crippen LogP contribution in [0.4, 0.5) is 5.69 Å². The molecule has 0 saturated heterocycles. The Kier molecular flexibility index (Phi) is 7.30.